The first-order chi connectivity index (χ1) is 10.1. The lowest BCUT2D eigenvalue weighted by Gasteiger charge is -2.07. The molecule has 0 aliphatic heterocycles. The van der Waals surface area contributed by atoms with Gasteiger partial charge in [-0.25, -0.2) is 9.18 Å². The number of hydrogen-bond donors (Lipinski definition) is 1. The summed E-state index contributed by atoms with van der Waals surface area (Å²) >= 11 is 1.39. The molecule has 1 aromatic heterocycles. The lowest BCUT2D eigenvalue weighted by Crippen LogP contribution is -1.97. The summed E-state index contributed by atoms with van der Waals surface area (Å²) in [7, 11) is 0. The number of hydrogen-bond acceptors (Lipinski definition) is 4. The van der Waals surface area contributed by atoms with Gasteiger partial charge in [-0.2, -0.15) is 5.26 Å². The highest BCUT2D eigenvalue weighted by Crippen LogP contribution is 2.23. The molecule has 0 atom stereocenters. The largest absolute Gasteiger partial charge is 0.485 e. The van der Waals surface area contributed by atoms with Crippen LogP contribution in [0, 0.1) is 17.1 Å². The third-order valence-electron chi connectivity index (χ3n) is 2.61. The van der Waals surface area contributed by atoms with Gasteiger partial charge in [0.15, 0.2) is 11.6 Å². The van der Waals surface area contributed by atoms with Crippen LogP contribution in [0.3, 0.4) is 0 Å². The van der Waals surface area contributed by atoms with Crippen LogP contribution >= 0.6 is 11.3 Å². The van der Waals surface area contributed by atoms with Crippen molar-refractivity contribution >= 4 is 23.4 Å². The van der Waals surface area contributed by atoms with Crippen molar-refractivity contribution in [1.29, 1.82) is 5.26 Å². The number of halogens is 1. The normalized spacial score (nSPS) is 10.5. The Hall–Kier alpha value is -2.65. The Morgan fingerprint density at radius 3 is 2.95 bits per heavy atom. The van der Waals surface area contributed by atoms with E-state index < -0.39 is 11.8 Å². The van der Waals surface area contributed by atoms with Crippen LogP contribution < -0.4 is 4.74 Å². The zero-order chi connectivity index (χ0) is 15.2. The number of carboxylic acid groups (broad SMARTS) is 1. The van der Waals surface area contributed by atoms with Crippen LogP contribution in [0.25, 0.3) is 6.08 Å². The van der Waals surface area contributed by atoms with Crippen molar-refractivity contribution in [2.24, 2.45) is 0 Å². The summed E-state index contributed by atoms with van der Waals surface area (Å²) in [6.07, 6.45) is 2.50. The van der Waals surface area contributed by atoms with Gasteiger partial charge in [0.1, 0.15) is 6.61 Å². The zero-order valence-corrected chi connectivity index (χ0v) is 11.6. The highest BCUT2D eigenvalue weighted by atomic mass is 32.1. The molecule has 1 N–H and O–H groups in total. The van der Waals surface area contributed by atoms with Gasteiger partial charge in [-0.3, -0.25) is 0 Å². The molecule has 0 aliphatic rings. The Morgan fingerprint density at radius 1 is 1.48 bits per heavy atom. The monoisotopic (exact) mass is 303 g/mol. The number of aliphatic carboxylic acids is 1. The lowest BCUT2D eigenvalue weighted by atomic mass is 10.2. The summed E-state index contributed by atoms with van der Waals surface area (Å²) in [6.45, 7) is 0.125. The van der Waals surface area contributed by atoms with E-state index in [1.165, 1.54) is 29.5 Å². The fraction of sp³-hybridized carbons (Fsp3) is 0.0667. The molecule has 0 radical (unpaired) electrons. The Balaban J connectivity index is 2.09. The van der Waals surface area contributed by atoms with Crippen LogP contribution in [0.5, 0.6) is 5.75 Å². The Kier molecular flexibility index (Phi) is 4.69. The summed E-state index contributed by atoms with van der Waals surface area (Å²) < 4.78 is 19.0. The quantitative estimate of drug-likeness (QED) is 0.859. The Labute approximate surface area is 124 Å². The Bertz CT molecular complexity index is 731. The molecule has 0 spiro atoms. The molecular weight excluding hydrogens is 293 g/mol. The van der Waals surface area contributed by atoms with Crippen molar-refractivity contribution < 1.29 is 19.0 Å². The van der Waals surface area contributed by atoms with Gasteiger partial charge in [-0.15, -0.1) is 11.3 Å². The second-order valence-corrected chi connectivity index (χ2v) is 5.02. The van der Waals surface area contributed by atoms with Crippen molar-refractivity contribution in [1.82, 2.24) is 0 Å². The third-order valence-corrected chi connectivity index (χ3v) is 3.52. The molecule has 6 heteroatoms. The Morgan fingerprint density at radius 2 is 2.29 bits per heavy atom. The van der Waals surface area contributed by atoms with Gasteiger partial charge in [-0.1, -0.05) is 0 Å². The summed E-state index contributed by atoms with van der Waals surface area (Å²) in [5, 5.41) is 19.1. The predicted molar refractivity (Wildman–Crippen MR) is 76.4 cm³/mol. The minimum atomic E-state index is -1.04. The molecule has 21 heavy (non-hydrogen) atoms. The molecule has 0 saturated heterocycles. The van der Waals surface area contributed by atoms with Crippen molar-refractivity contribution in [2.75, 3.05) is 0 Å². The second-order valence-electron chi connectivity index (χ2n) is 4.02. The molecule has 106 valence electrons. The first-order valence-electron chi connectivity index (χ1n) is 5.90. The van der Waals surface area contributed by atoms with E-state index in [9.17, 15) is 9.18 Å². The molecule has 0 fully saturated rings. The first kappa shape index (κ1) is 14.8. The maximum absolute atomic E-state index is 13.7. The molecule has 0 aliphatic carbocycles. The smallest absolute Gasteiger partial charge is 0.328 e. The standard InChI is InChI=1S/C15H10FNO3S/c16-12-7-10(8-17)1-3-13(12)20-9-14-11(5-6-21-14)2-4-15(18)19/h1-7H,9H2,(H,18,19)/b4-2+. The van der Waals surface area contributed by atoms with Crippen LogP contribution in [0.4, 0.5) is 4.39 Å². The highest BCUT2D eigenvalue weighted by Gasteiger charge is 2.07. The molecule has 4 nitrogen and oxygen atoms in total. The zero-order valence-electron chi connectivity index (χ0n) is 10.7. The van der Waals surface area contributed by atoms with Gasteiger partial charge >= 0.3 is 5.97 Å². The maximum Gasteiger partial charge on any atom is 0.328 e. The molecule has 0 saturated carbocycles. The number of nitrogens with zero attached hydrogens (tertiary/aromatic N) is 1. The number of carbonyl (C=O) groups is 1. The first-order valence-corrected chi connectivity index (χ1v) is 6.78. The molecule has 0 bridgehead atoms. The van der Waals surface area contributed by atoms with E-state index in [-0.39, 0.29) is 17.9 Å². The van der Waals surface area contributed by atoms with E-state index in [0.29, 0.717) is 0 Å². The summed E-state index contributed by atoms with van der Waals surface area (Å²) in [6, 6.07) is 7.58. The number of carboxylic acids is 1. The minimum Gasteiger partial charge on any atom is -0.485 e. The van der Waals surface area contributed by atoms with Gasteiger partial charge in [0.25, 0.3) is 0 Å². The number of ether oxygens (including phenoxy) is 1. The van der Waals surface area contributed by atoms with Crippen molar-refractivity contribution in [2.45, 2.75) is 6.61 Å². The maximum atomic E-state index is 13.7. The van der Waals surface area contributed by atoms with E-state index in [0.717, 1.165) is 22.6 Å². The van der Waals surface area contributed by atoms with E-state index in [1.807, 2.05) is 6.07 Å². The topological polar surface area (TPSA) is 70.3 Å². The van der Waals surface area contributed by atoms with E-state index in [2.05, 4.69) is 0 Å². The van der Waals surface area contributed by atoms with Gasteiger partial charge < -0.3 is 9.84 Å². The summed E-state index contributed by atoms with van der Waals surface area (Å²) in [5.74, 6) is -1.59. The molecule has 1 aromatic carbocycles. The van der Waals surface area contributed by atoms with E-state index in [4.69, 9.17) is 15.1 Å². The van der Waals surface area contributed by atoms with Crippen molar-refractivity contribution in [3.8, 4) is 11.8 Å². The predicted octanol–water partition coefficient (Wildman–Crippen LogP) is 3.44. The molecule has 1 heterocycles. The van der Waals surface area contributed by atoms with Crippen LogP contribution in [-0.4, -0.2) is 11.1 Å². The van der Waals surface area contributed by atoms with Crippen LogP contribution in [0.15, 0.2) is 35.7 Å². The van der Waals surface area contributed by atoms with Gasteiger partial charge in [0.2, 0.25) is 0 Å². The van der Waals surface area contributed by atoms with Crippen molar-refractivity contribution in [3.63, 3.8) is 0 Å². The summed E-state index contributed by atoms with van der Waals surface area (Å²) in [5.41, 5.74) is 0.942. The van der Waals surface area contributed by atoms with Gasteiger partial charge in [-0.05, 0) is 41.3 Å². The third kappa shape index (κ3) is 3.91. The minimum absolute atomic E-state index is 0.0514. The fourth-order valence-corrected chi connectivity index (χ4v) is 2.39. The number of thiophene rings is 1. The number of benzene rings is 1. The lowest BCUT2D eigenvalue weighted by molar-refractivity contribution is -0.131. The van der Waals surface area contributed by atoms with Crippen LogP contribution in [-0.2, 0) is 11.4 Å². The van der Waals surface area contributed by atoms with Gasteiger partial charge in [0.05, 0.1) is 11.6 Å². The van der Waals surface area contributed by atoms with Crippen LogP contribution in [0.1, 0.15) is 16.0 Å². The number of rotatable bonds is 5. The van der Waals surface area contributed by atoms with E-state index in [1.54, 1.807) is 11.4 Å². The molecular formula is C15H10FNO3S. The molecule has 2 aromatic rings. The molecule has 0 unspecified atom stereocenters. The molecule has 2 rings (SSSR count). The van der Waals surface area contributed by atoms with Crippen molar-refractivity contribution in [3.05, 3.63) is 57.5 Å². The van der Waals surface area contributed by atoms with Crippen LogP contribution in [0.2, 0.25) is 0 Å². The second kappa shape index (κ2) is 6.68. The van der Waals surface area contributed by atoms with Gasteiger partial charge in [0, 0.05) is 11.0 Å². The number of nitriles is 1. The fourth-order valence-electron chi connectivity index (χ4n) is 1.61. The average Bonchev–Trinajstić information content (AvgIpc) is 2.91. The summed E-state index contributed by atoms with van der Waals surface area (Å²) in [4.78, 5) is 11.3. The molecule has 0 amide bonds. The SMILES string of the molecule is N#Cc1ccc(OCc2sccc2/C=C/C(=O)O)c(F)c1. The van der Waals surface area contributed by atoms with E-state index >= 15 is 0 Å². The highest BCUT2D eigenvalue weighted by molar-refractivity contribution is 7.10. The average molecular weight is 303 g/mol.